The molecule has 5 heteroatoms. The summed E-state index contributed by atoms with van der Waals surface area (Å²) in [6.07, 6.45) is 1.58. The van der Waals surface area contributed by atoms with Crippen LogP contribution >= 0.6 is 0 Å². The maximum atomic E-state index is 13.0. The minimum atomic E-state index is 0.0202. The lowest BCUT2D eigenvalue weighted by molar-refractivity contribution is -0.143. The van der Waals surface area contributed by atoms with Crippen LogP contribution in [0.1, 0.15) is 30.1 Å². The van der Waals surface area contributed by atoms with Crippen molar-refractivity contribution in [2.75, 3.05) is 32.8 Å². The lowest BCUT2D eigenvalue weighted by atomic mass is 9.94. The molecule has 2 amide bonds. The van der Waals surface area contributed by atoms with Crippen molar-refractivity contribution in [1.82, 2.24) is 9.80 Å². The normalized spacial score (nSPS) is 21.4. The number of likely N-dealkylation sites (tertiary alicyclic amines) is 1. The lowest BCUT2D eigenvalue weighted by Crippen LogP contribution is -2.49. The number of rotatable bonds is 2. The van der Waals surface area contributed by atoms with Crippen LogP contribution in [0, 0.1) is 5.92 Å². The molecule has 0 aromatic heterocycles. The summed E-state index contributed by atoms with van der Waals surface area (Å²) in [5.41, 5.74) is 0.750. The number of benzene rings is 2. The van der Waals surface area contributed by atoms with Crippen molar-refractivity contribution >= 4 is 22.6 Å². The van der Waals surface area contributed by atoms with E-state index < -0.39 is 0 Å². The molecule has 2 aromatic carbocycles. The van der Waals surface area contributed by atoms with Crippen LogP contribution in [0.15, 0.2) is 42.5 Å². The van der Waals surface area contributed by atoms with E-state index in [9.17, 15) is 9.59 Å². The zero-order valence-corrected chi connectivity index (χ0v) is 15.8. The Kier molecular flexibility index (Phi) is 5.12. The van der Waals surface area contributed by atoms with Crippen LogP contribution < -0.4 is 0 Å². The van der Waals surface area contributed by atoms with Gasteiger partial charge in [-0.25, -0.2) is 0 Å². The first-order valence-corrected chi connectivity index (χ1v) is 9.81. The molecule has 0 N–H and O–H groups in total. The highest BCUT2D eigenvalue weighted by Crippen LogP contribution is 2.25. The third kappa shape index (κ3) is 3.69. The molecule has 142 valence electrons. The second-order valence-corrected chi connectivity index (χ2v) is 7.56. The number of carbonyl (C=O) groups excluding carboxylic acids is 2. The van der Waals surface area contributed by atoms with Gasteiger partial charge in [-0.05, 0) is 36.6 Å². The zero-order valence-electron chi connectivity index (χ0n) is 15.8. The molecule has 0 aliphatic carbocycles. The van der Waals surface area contributed by atoms with E-state index in [2.05, 4.69) is 0 Å². The largest absolute Gasteiger partial charge is 0.375 e. The van der Waals surface area contributed by atoms with Crippen LogP contribution in [0.2, 0.25) is 0 Å². The van der Waals surface area contributed by atoms with Crippen molar-refractivity contribution < 1.29 is 14.3 Å². The molecule has 0 saturated carbocycles. The van der Waals surface area contributed by atoms with Gasteiger partial charge in [0.15, 0.2) is 0 Å². The van der Waals surface area contributed by atoms with Crippen LogP contribution in [-0.2, 0) is 9.53 Å². The Bertz CT molecular complexity index is 837. The standard InChI is InChI=1S/C22H26N2O3/c1-16-15-24(13-14-27-16)21(25)18-9-11-23(12-10-18)22(26)20-8-4-6-17-5-2-3-7-19(17)20/h2-8,16,18H,9-15H2,1H3. The van der Waals surface area contributed by atoms with Gasteiger partial charge in [0.05, 0.1) is 12.7 Å². The van der Waals surface area contributed by atoms with Crippen LogP contribution in [0.3, 0.4) is 0 Å². The first-order chi connectivity index (χ1) is 13.1. The molecular formula is C22H26N2O3. The molecule has 2 fully saturated rings. The quantitative estimate of drug-likeness (QED) is 0.821. The van der Waals surface area contributed by atoms with Crippen molar-refractivity contribution in [3.63, 3.8) is 0 Å². The van der Waals surface area contributed by atoms with Crippen molar-refractivity contribution in [3.8, 4) is 0 Å². The molecule has 5 nitrogen and oxygen atoms in total. The fraction of sp³-hybridized carbons (Fsp3) is 0.455. The lowest BCUT2D eigenvalue weighted by Gasteiger charge is -2.37. The number of amides is 2. The van der Waals surface area contributed by atoms with Crippen molar-refractivity contribution in [2.24, 2.45) is 5.92 Å². The molecule has 2 heterocycles. The van der Waals surface area contributed by atoms with Crippen molar-refractivity contribution in [2.45, 2.75) is 25.9 Å². The summed E-state index contributed by atoms with van der Waals surface area (Å²) in [6.45, 7) is 5.25. The number of hydrogen-bond acceptors (Lipinski definition) is 3. The van der Waals surface area contributed by atoms with Gasteiger partial charge in [0, 0.05) is 37.7 Å². The van der Waals surface area contributed by atoms with Crippen LogP contribution in [0.5, 0.6) is 0 Å². The van der Waals surface area contributed by atoms with Crippen LogP contribution in [-0.4, -0.2) is 60.5 Å². The number of morpholine rings is 1. The number of ether oxygens (including phenoxy) is 1. The molecule has 2 aliphatic rings. The molecule has 0 spiro atoms. The number of piperidine rings is 1. The maximum absolute atomic E-state index is 13.0. The summed E-state index contributed by atoms with van der Waals surface area (Å²) >= 11 is 0. The Hall–Kier alpha value is -2.40. The van der Waals surface area contributed by atoms with E-state index in [1.807, 2.05) is 59.2 Å². The average Bonchev–Trinajstić information content (AvgIpc) is 2.72. The van der Waals surface area contributed by atoms with Gasteiger partial charge < -0.3 is 14.5 Å². The van der Waals surface area contributed by atoms with Gasteiger partial charge in [0.1, 0.15) is 0 Å². The third-order valence-electron chi connectivity index (χ3n) is 5.70. The predicted molar refractivity (Wildman–Crippen MR) is 105 cm³/mol. The highest BCUT2D eigenvalue weighted by Gasteiger charge is 2.32. The Morgan fingerprint density at radius 1 is 0.963 bits per heavy atom. The van der Waals surface area contributed by atoms with Gasteiger partial charge in [0.2, 0.25) is 5.91 Å². The molecule has 2 aliphatic heterocycles. The Morgan fingerprint density at radius 3 is 2.48 bits per heavy atom. The summed E-state index contributed by atoms with van der Waals surface area (Å²) in [5.74, 6) is 0.312. The zero-order chi connectivity index (χ0) is 18.8. The predicted octanol–water partition coefficient (Wildman–Crippen LogP) is 2.94. The van der Waals surface area contributed by atoms with Gasteiger partial charge in [-0.1, -0.05) is 36.4 Å². The van der Waals surface area contributed by atoms with Gasteiger partial charge in [-0.2, -0.15) is 0 Å². The first-order valence-electron chi connectivity index (χ1n) is 9.81. The summed E-state index contributed by atoms with van der Waals surface area (Å²) in [5, 5.41) is 2.07. The van der Waals surface area contributed by atoms with Crippen LogP contribution in [0.4, 0.5) is 0 Å². The minimum Gasteiger partial charge on any atom is -0.375 e. The Labute approximate surface area is 159 Å². The third-order valence-corrected chi connectivity index (χ3v) is 5.70. The number of carbonyl (C=O) groups is 2. The molecule has 2 saturated heterocycles. The highest BCUT2D eigenvalue weighted by molar-refractivity contribution is 6.07. The Morgan fingerprint density at radius 2 is 1.70 bits per heavy atom. The number of fused-ring (bicyclic) bond motifs is 1. The van der Waals surface area contributed by atoms with E-state index in [1.165, 1.54) is 0 Å². The van der Waals surface area contributed by atoms with Gasteiger partial charge >= 0.3 is 0 Å². The molecule has 1 unspecified atom stereocenters. The number of hydrogen-bond donors (Lipinski definition) is 0. The van der Waals surface area contributed by atoms with E-state index in [-0.39, 0.29) is 23.8 Å². The minimum absolute atomic E-state index is 0.0202. The Balaban J connectivity index is 1.41. The first kappa shape index (κ1) is 18.0. The van der Waals surface area contributed by atoms with Crippen LogP contribution in [0.25, 0.3) is 10.8 Å². The molecule has 4 rings (SSSR count). The smallest absolute Gasteiger partial charge is 0.254 e. The molecule has 0 radical (unpaired) electrons. The van der Waals surface area contributed by atoms with Gasteiger partial charge in [-0.3, -0.25) is 9.59 Å². The topological polar surface area (TPSA) is 49.9 Å². The molecule has 27 heavy (non-hydrogen) atoms. The monoisotopic (exact) mass is 366 g/mol. The fourth-order valence-electron chi connectivity index (χ4n) is 4.19. The summed E-state index contributed by atoms with van der Waals surface area (Å²) in [6, 6.07) is 13.8. The second kappa shape index (κ2) is 7.69. The molecule has 2 aromatic rings. The molecular weight excluding hydrogens is 340 g/mol. The van der Waals surface area contributed by atoms with E-state index in [4.69, 9.17) is 4.74 Å². The van der Waals surface area contributed by atoms with Crippen molar-refractivity contribution in [3.05, 3.63) is 48.0 Å². The highest BCUT2D eigenvalue weighted by atomic mass is 16.5. The average molecular weight is 366 g/mol. The van der Waals surface area contributed by atoms with Crippen molar-refractivity contribution in [1.29, 1.82) is 0 Å². The summed E-state index contributed by atoms with van der Waals surface area (Å²) in [4.78, 5) is 29.7. The van der Waals surface area contributed by atoms with Gasteiger partial charge in [0.25, 0.3) is 5.91 Å². The summed E-state index contributed by atoms with van der Waals surface area (Å²) < 4.78 is 5.53. The van der Waals surface area contributed by atoms with E-state index >= 15 is 0 Å². The summed E-state index contributed by atoms with van der Waals surface area (Å²) in [7, 11) is 0. The number of nitrogens with zero attached hydrogens (tertiary/aromatic N) is 2. The fourth-order valence-corrected chi connectivity index (χ4v) is 4.19. The second-order valence-electron chi connectivity index (χ2n) is 7.56. The molecule has 0 bridgehead atoms. The van der Waals surface area contributed by atoms with E-state index in [0.29, 0.717) is 32.8 Å². The van der Waals surface area contributed by atoms with E-state index in [0.717, 1.165) is 29.2 Å². The van der Waals surface area contributed by atoms with E-state index in [1.54, 1.807) is 0 Å². The maximum Gasteiger partial charge on any atom is 0.254 e. The van der Waals surface area contributed by atoms with Gasteiger partial charge in [-0.15, -0.1) is 0 Å². The SMILES string of the molecule is CC1CN(C(=O)C2CCN(C(=O)c3cccc4ccccc34)CC2)CCO1. The molecule has 1 atom stereocenters.